The molecular formula is C25H25N3O2S. The number of rotatable bonds is 8. The van der Waals surface area contributed by atoms with E-state index in [9.17, 15) is 4.79 Å². The number of thioether (sulfide) groups is 1. The minimum Gasteiger partial charge on any atom is -0.466 e. The maximum Gasteiger partial charge on any atom is 0.305 e. The van der Waals surface area contributed by atoms with Gasteiger partial charge in [-0.2, -0.15) is 0 Å². The van der Waals surface area contributed by atoms with Gasteiger partial charge in [-0.25, -0.2) is 9.97 Å². The lowest BCUT2D eigenvalue weighted by Crippen LogP contribution is -2.04. The molecule has 0 amide bonds. The molecular weight excluding hydrogens is 406 g/mol. The lowest BCUT2D eigenvalue weighted by molar-refractivity contribution is -0.143. The molecule has 1 aliphatic rings. The minimum atomic E-state index is -0.139. The van der Waals surface area contributed by atoms with E-state index in [1.807, 2.05) is 25.3 Å². The van der Waals surface area contributed by atoms with Gasteiger partial charge in [-0.15, -0.1) is 0 Å². The van der Waals surface area contributed by atoms with Gasteiger partial charge in [0, 0.05) is 23.8 Å². The lowest BCUT2D eigenvalue weighted by atomic mass is 9.99. The average molecular weight is 432 g/mol. The van der Waals surface area contributed by atoms with Gasteiger partial charge in [0.2, 0.25) is 0 Å². The SMILES string of the molecule is CCOC(=O)CCCSc1nc2cccnc2n1-c1ccc(C2CC2)c2ccccc12. The van der Waals surface area contributed by atoms with Crippen LogP contribution in [0.2, 0.25) is 0 Å². The first-order chi connectivity index (χ1) is 15.3. The van der Waals surface area contributed by atoms with Gasteiger partial charge in [-0.05, 0) is 61.3 Å². The first-order valence-corrected chi connectivity index (χ1v) is 11.9. The molecule has 0 radical (unpaired) electrons. The summed E-state index contributed by atoms with van der Waals surface area (Å²) >= 11 is 1.66. The Kier molecular flexibility index (Phi) is 5.64. The minimum absolute atomic E-state index is 0.139. The molecule has 1 fully saturated rings. The number of hydrogen-bond donors (Lipinski definition) is 0. The van der Waals surface area contributed by atoms with Crippen molar-refractivity contribution in [1.29, 1.82) is 0 Å². The number of pyridine rings is 1. The number of hydrogen-bond acceptors (Lipinski definition) is 5. The number of aromatic nitrogens is 3. The zero-order valence-electron chi connectivity index (χ0n) is 17.6. The van der Waals surface area contributed by atoms with E-state index in [1.54, 1.807) is 11.8 Å². The third-order valence-electron chi connectivity index (χ3n) is 5.64. The number of esters is 1. The lowest BCUT2D eigenvalue weighted by Gasteiger charge is -2.14. The predicted octanol–water partition coefficient (Wildman–Crippen LogP) is 5.89. The highest BCUT2D eigenvalue weighted by Gasteiger charge is 2.26. The van der Waals surface area contributed by atoms with Gasteiger partial charge < -0.3 is 4.74 Å². The number of benzene rings is 2. The van der Waals surface area contributed by atoms with Gasteiger partial charge in [-0.3, -0.25) is 9.36 Å². The van der Waals surface area contributed by atoms with E-state index in [4.69, 9.17) is 9.72 Å². The third kappa shape index (κ3) is 4.04. The van der Waals surface area contributed by atoms with Crippen molar-refractivity contribution in [3.8, 4) is 5.69 Å². The fourth-order valence-electron chi connectivity index (χ4n) is 4.07. The molecule has 5 nitrogen and oxygen atoms in total. The summed E-state index contributed by atoms with van der Waals surface area (Å²) in [4.78, 5) is 21.2. The number of nitrogens with zero attached hydrogens (tertiary/aromatic N) is 3. The zero-order valence-corrected chi connectivity index (χ0v) is 18.4. The van der Waals surface area contributed by atoms with Crippen LogP contribution in [0.15, 0.2) is 59.9 Å². The van der Waals surface area contributed by atoms with Crippen molar-refractivity contribution in [2.45, 2.75) is 43.7 Å². The Bertz CT molecular complexity index is 1250. The van der Waals surface area contributed by atoms with Crippen LogP contribution in [0.4, 0.5) is 0 Å². The van der Waals surface area contributed by atoms with Crippen LogP contribution in [0.1, 0.15) is 44.1 Å². The standard InChI is InChI=1S/C25H25N3O2S/c1-2-30-23(29)10-6-16-31-25-27-21-9-5-15-26-24(21)28(25)22-14-13-18(17-11-12-17)19-7-3-4-8-20(19)22/h3-5,7-9,13-15,17H,2,6,10-12,16H2,1H3. The molecule has 0 spiro atoms. The average Bonchev–Trinajstić information content (AvgIpc) is 3.57. The van der Waals surface area contributed by atoms with E-state index in [0.29, 0.717) is 18.9 Å². The molecule has 1 aliphatic carbocycles. The summed E-state index contributed by atoms with van der Waals surface area (Å²) in [6, 6.07) is 17.1. The van der Waals surface area contributed by atoms with Gasteiger partial charge >= 0.3 is 5.97 Å². The van der Waals surface area contributed by atoms with Crippen molar-refractivity contribution in [1.82, 2.24) is 14.5 Å². The molecule has 4 aromatic rings. The van der Waals surface area contributed by atoms with Crippen LogP contribution in [0.25, 0.3) is 27.6 Å². The van der Waals surface area contributed by atoms with Crippen LogP contribution in [-0.4, -0.2) is 32.9 Å². The van der Waals surface area contributed by atoms with Crippen LogP contribution < -0.4 is 0 Å². The quantitative estimate of drug-likeness (QED) is 0.198. The Morgan fingerprint density at radius 3 is 2.77 bits per heavy atom. The molecule has 0 atom stereocenters. The Morgan fingerprint density at radius 2 is 1.97 bits per heavy atom. The maximum atomic E-state index is 11.7. The highest BCUT2D eigenvalue weighted by Crippen LogP contribution is 2.44. The highest BCUT2D eigenvalue weighted by atomic mass is 32.2. The fraction of sp³-hybridized carbons (Fsp3) is 0.320. The van der Waals surface area contributed by atoms with Gasteiger partial charge in [0.05, 0.1) is 12.3 Å². The van der Waals surface area contributed by atoms with E-state index < -0.39 is 0 Å². The number of imidazole rings is 1. The molecule has 0 N–H and O–H groups in total. The third-order valence-corrected chi connectivity index (χ3v) is 6.66. The molecule has 6 heteroatoms. The predicted molar refractivity (Wildman–Crippen MR) is 125 cm³/mol. The molecule has 0 bridgehead atoms. The molecule has 158 valence electrons. The normalized spacial score (nSPS) is 13.7. The summed E-state index contributed by atoms with van der Waals surface area (Å²) in [6.45, 7) is 2.26. The van der Waals surface area contributed by atoms with Crippen molar-refractivity contribution in [3.05, 3.63) is 60.3 Å². The summed E-state index contributed by atoms with van der Waals surface area (Å²) in [5.41, 5.74) is 4.29. The molecule has 2 aromatic carbocycles. The van der Waals surface area contributed by atoms with Crippen molar-refractivity contribution < 1.29 is 9.53 Å². The van der Waals surface area contributed by atoms with Crippen molar-refractivity contribution >= 4 is 39.7 Å². The topological polar surface area (TPSA) is 57.0 Å². The van der Waals surface area contributed by atoms with Gasteiger partial charge in [-0.1, -0.05) is 42.1 Å². The van der Waals surface area contributed by atoms with Crippen LogP contribution >= 0.6 is 11.8 Å². The van der Waals surface area contributed by atoms with Crippen LogP contribution in [0.3, 0.4) is 0 Å². The van der Waals surface area contributed by atoms with E-state index in [-0.39, 0.29) is 5.97 Å². The smallest absolute Gasteiger partial charge is 0.305 e. The van der Waals surface area contributed by atoms with Crippen LogP contribution in [0, 0.1) is 0 Å². The fourth-order valence-corrected chi connectivity index (χ4v) is 5.02. The number of carbonyl (C=O) groups excluding carboxylic acids is 1. The van der Waals surface area contributed by atoms with Crippen molar-refractivity contribution in [2.75, 3.05) is 12.4 Å². The summed E-state index contributed by atoms with van der Waals surface area (Å²) < 4.78 is 7.21. The number of ether oxygens (including phenoxy) is 1. The van der Waals surface area contributed by atoms with E-state index >= 15 is 0 Å². The molecule has 31 heavy (non-hydrogen) atoms. The Hall–Kier alpha value is -2.86. The van der Waals surface area contributed by atoms with Gasteiger partial charge in [0.25, 0.3) is 0 Å². The molecule has 2 aromatic heterocycles. The Morgan fingerprint density at radius 1 is 1.13 bits per heavy atom. The highest BCUT2D eigenvalue weighted by molar-refractivity contribution is 7.99. The zero-order chi connectivity index (χ0) is 21.2. The summed E-state index contributed by atoms with van der Waals surface area (Å²) in [5.74, 6) is 1.34. The van der Waals surface area contributed by atoms with Crippen molar-refractivity contribution in [3.63, 3.8) is 0 Å². The summed E-state index contributed by atoms with van der Waals surface area (Å²) in [6.07, 6.45) is 5.55. The second kappa shape index (κ2) is 8.71. The van der Waals surface area contributed by atoms with E-state index in [1.165, 1.54) is 29.2 Å². The number of fused-ring (bicyclic) bond motifs is 2. The maximum absolute atomic E-state index is 11.7. The summed E-state index contributed by atoms with van der Waals surface area (Å²) in [7, 11) is 0. The van der Waals surface area contributed by atoms with Crippen LogP contribution in [0.5, 0.6) is 0 Å². The molecule has 5 rings (SSSR count). The Labute approximate surface area is 185 Å². The van der Waals surface area contributed by atoms with E-state index in [0.717, 1.165) is 34.2 Å². The molecule has 0 saturated heterocycles. The molecule has 2 heterocycles. The number of carbonyl (C=O) groups is 1. The van der Waals surface area contributed by atoms with Gasteiger partial charge in [0.15, 0.2) is 10.8 Å². The largest absolute Gasteiger partial charge is 0.466 e. The van der Waals surface area contributed by atoms with E-state index in [2.05, 4.69) is 45.9 Å². The Balaban J connectivity index is 1.53. The summed E-state index contributed by atoms with van der Waals surface area (Å²) in [5, 5.41) is 3.45. The first-order valence-electron chi connectivity index (χ1n) is 10.9. The molecule has 1 saturated carbocycles. The van der Waals surface area contributed by atoms with Crippen molar-refractivity contribution in [2.24, 2.45) is 0 Å². The second-order valence-electron chi connectivity index (χ2n) is 7.83. The molecule has 0 unspecified atom stereocenters. The molecule has 0 aliphatic heterocycles. The van der Waals surface area contributed by atoms with Crippen LogP contribution in [-0.2, 0) is 9.53 Å². The first kappa shape index (κ1) is 20.1. The monoisotopic (exact) mass is 431 g/mol. The van der Waals surface area contributed by atoms with Gasteiger partial charge in [0.1, 0.15) is 5.52 Å². The second-order valence-corrected chi connectivity index (χ2v) is 8.89.